The van der Waals surface area contributed by atoms with Crippen LogP contribution in [-0.4, -0.2) is 57.5 Å². The summed E-state index contributed by atoms with van der Waals surface area (Å²) in [4.78, 5) is 26.3. The molecule has 0 unspecified atom stereocenters. The number of amides is 1. The van der Waals surface area contributed by atoms with Crippen molar-refractivity contribution in [2.75, 3.05) is 26.0 Å². The van der Waals surface area contributed by atoms with E-state index in [9.17, 15) is 9.59 Å². The van der Waals surface area contributed by atoms with Crippen LogP contribution in [0.1, 0.15) is 24.2 Å². The maximum Gasteiger partial charge on any atom is 0.308 e. The van der Waals surface area contributed by atoms with Gasteiger partial charge in [-0.2, -0.15) is 0 Å². The molecule has 2 heterocycles. The average molecular weight is 451 g/mol. The van der Waals surface area contributed by atoms with Crippen molar-refractivity contribution >= 4 is 23.6 Å². The molecular formula is C24H26N4O3S. The van der Waals surface area contributed by atoms with E-state index in [0.717, 1.165) is 17.1 Å². The third-order valence-electron chi connectivity index (χ3n) is 5.63. The summed E-state index contributed by atoms with van der Waals surface area (Å²) < 4.78 is 6.85. The number of thioether (sulfide) groups is 1. The van der Waals surface area contributed by atoms with E-state index in [0.29, 0.717) is 37.5 Å². The molecule has 0 aliphatic carbocycles. The molecule has 0 N–H and O–H groups in total. The minimum absolute atomic E-state index is 0.0468. The van der Waals surface area contributed by atoms with Gasteiger partial charge in [-0.3, -0.25) is 14.2 Å². The van der Waals surface area contributed by atoms with Crippen LogP contribution in [0.5, 0.6) is 0 Å². The number of benzene rings is 2. The molecule has 1 aromatic heterocycles. The molecule has 0 saturated carbocycles. The highest BCUT2D eigenvalue weighted by Gasteiger charge is 2.28. The largest absolute Gasteiger partial charge is 0.469 e. The van der Waals surface area contributed by atoms with Crippen LogP contribution in [0.3, 0.4) is 0 Å². The first kappa shape index (κ1) is 22.1. The highest BCUT2D eigenvalue weighted by Crippen LogP contribution is 2.25. The van der Waals surface area contributed by atoms with Gasteiger partial charge in [0.15, 0.2) is 5.16 Å². The van der Waals surface area contributed by atoms with E-state index in [1.807, 2.05) is 58.0 Å². The summed E-state index contributed by atoms with van der Waals surface area (Å²) >= 11 is 1.39. The van der Waals surface area contributed by atoms with Crippen molar-refractivity contribution in [3.63, 3.8) is 0 Å². The molecule has 0 radical (unpaired) electrons. The van der Waals surface area contributed by atoms with E-state index in [2.05, 4.69) is 22.3 Å². The second kappa shape index (κ2) is 10.5. The lowest BCUT2D eigenvalue weighted by Gasteiger charge is -2.30. The molecule has 1 saturated heterocycles. The number of carbonyl (C=O) groups excluding carboxylic acids is 2. The number of methoxy groups -OCH3 is 1. The zero-order valence-corrected chi connectivity index (χ0v) is 18.8. The van der Waals surface area contributed by atoms with Gasteiger partial charge >= 0.3 is 5.97 Å². The molecule has 8 heteroatoms. The molecule has 7 nitrogen and oxygen atoms in total. The Morgan fingerprint density at radius 1 is 1.00 bits per heavy atom. The Bertz CT molecular complexity index is 1050. The number of hydrogen-bond donors (Lipinski definition) is 0. The van der Waals surface area contributed by atoms with Gasteiger partial charge < -0.3 is 9.64 Å². The second-order valence-corrected chi connectivity index (χ2v) is 8.64. The van der Waals surface area contributed by atoms with Gasteiger partial charge in [-0.1, -0.05) is 60.3 Å². The number of rotatable bonds is 7. The fourth-order valence-corrected chi connectivity index (χ4v) is 4.75. The highest BCUT2D eigenvalue weighted by atomic mass is 32.2. The number of likely N-dealkylation sites (tertiary alicyclic amines) is 1. The number of ether oxygens (including phenoxy) is 1. The number of hydrogen-bond acceptors (Lipinski definition) is 6. The van der Waals surface area contributed by atoms with Crippen LogP contribution < -0.4 is 0 Å². The maximum absolute atomic E-state index is 12.8. The van der Waals surface area contributed by atoms with E-state index in [1.54, 1.807) is 0 Å². The molecule has 1 aliphatic rings. The molecular weight excluding hydrogens is 424 g/mol. The molecule has 3 aromatic rings. The lowest BCUT2D eigenvalue weighted by Crippen LogP contribution is -2.41. The van der Waals surface area contributed by atoms with Gasteiger partial charge in [-0.25, -0.2) is 0 Å². The molecule has 4 rings (SSSR count). The SMILES string of the molecule is COC(=O)C1CCN(C(=O)CSc2nnc(Cc3ccccc3)n2-c2ccccc2)CC1. The summed E-state index contributed by atoms with van der Waals surface area (Å²) in [5, 5.41) is 9.52. The van der Waals surface area contributed by atoms with Gasteiger partial charge in [0, 0.05) is 25.2 Å². The molecule has 1 fully saturated rings. The van der Waals surface area contributed by atoms with Crippen molar-refractivity contribution in [2.24, 2.45) is 5.92 Å². The summed E-state index contributed by atoms with van der Waals surface area (Å²) in [7, 11) is 1.41. The van der Waals surface area contributed by atoms with Crippen molar-refractivity contribution in [2.45, 2.75) is 24.4 Å². The van der Waals surface area contributed by atoms with Crippen LogP contribution in [0.2, 0.25) is 0 Å². The monoisotopic (exact) mass is 450 g/mol. The molecule has 166 valence electrons. The first-order valence-corrected chi connectivity index (χ1v) is 11.7. The Hall–Kier alpha value is -3.13. The Kier molecular flexibility index (Phi) is 7.21. The zero-order valence-electron chi connectivity index (χ0n) is 18.0. The number of carbonyl (C=O) groups is 2. The van der Waals surface area contributed by atoms with Gasteiger partial charge in [0.1, 0.15) is 5.82 Å². The van der Waals surface area contributed by atoms with Gasteiger partial charge in [-0.15, -0.1) is 10.2 Å². The van der Waals surface area contributed by atoms with E-state index in [1.165, 1.54) is 18.9 Å². The fraction of sp³-hybridized carbons (Fsp3) is 0.333. The number of esters is 1. The predicted octanol–water partition coefficient (Wildman–Crippen LogP) is 3.36. The van der Waals surface area contributed by atoms with Crippen molar-refractivity contribution in [1.29, 1.82) is 0 Å². The lowest BCUT2D eigenvalue weighted by molar-refractivity contribution is -0.148. The van der Waals surface area contributed by atoms with Crippen LogP contribution in [0.25, 0.3) is 5.69 Å². The standard InChI is InChI=1S/C24H26N4O3S/c1-31-23(30)19-12-14-27(15-13-19)22(29)17-32-24-26-25-21(16-18-8-4-2-5-9-18)28(24)20-10-6-3-7-11-20/h2-11,19H,12-17H2,1H3. The third-order valence-corrected chi connectivity index (χ3v) is 6.54. The number of nitrogens with zero attached hydrogens (tertiary/aromatic N) is 4. The van der Waals surface area contributed by atoms with Gasteiger partial charge in [0.25, 0.3) is 0 Å². The van der Waals surface area contributed by atoms with E-state index >= 15 is 0 Å². The van der Waals surface area contributed by atoms with Crippen LogP contribution in [0, 0.1) is 5.92 Å². The van der Waals surface area contributed by atoms with Crippen LogP contribution in [0.4, 0.5) is 0 Å². The van der Waals surface area contributed by atoms with Gasteiger partial charge in [0.2, 0.25) is 5.91 Å². The van der Waals surface area contributed by atoms with Crippen molar-refractivity contribution < 1.29 is 14.3 Å². The van der Waals surface area contributed by atoms with Crippen molar-refractivity contribution in [1.82, 2.24) is 19.7 Å². The van der Waals surface area contributed by atoms with Gasteiger partial charge in [-0.05, 0) is 30.5 Å². The Balaban J connectivity index is 1.45. The van der Waals surface area contributed by atoms with Gasteiger partial charge in [0.05, 0.1) is 18.8 Å². The number of piperidine rings is 1. The van der Waals surface area contributed by atoms with E-state index in [4.69, 9.17) is 4.74 Å². The zero-order chi connectivity index (χ0) is 22.3. The number of para-hydroxylation sites is 1. The average Bonchev–Trinajstić information content (AvgIpc) is 3.25. The highest BCUT2D eigenvalue weighted by molar-refractivity contribution is 7.99. The number of aromatic nitrogens is 3. The minimum atomic E-state index is -0.187. The quantitative estimate of drug-likeness (QED) is 0.406. The topological polar surface area (TPSA) is 77.3 Å². The molecule has 2 aromatic carbocycles. The fourth-order valence-electron chi connectivity index (χ4n) is 3.87. The Morgan fingerprint density at radius 3 is 2.31 bits per heavy atom. The summed E-state index contributed by atoms with van der Waals surface area (Å²) in [5.41, 5.74) is 2.12. The van der Waals surface area contributed by atoms with Crippen molar-refractivity contribution in [3.8, 4) is 5.69 Å². The molecule has 1 aliphatic heterocycles. The second-order valence-electron chi connectivity index (χ2n) is 7.70. The van der Waals surface area contributed by atoms with Crippen LogP contribution in [0.15, 0.2) is 65.8 Å². The molecule has 1 amide bonds. The van der Waals surface area contributed by atoms with Crippen LogP contribution in [-0.2, 0) is 20.7 Å². The summed E-state index contributed by atoms with van der Waals surface area (Å²) in [6.45, 7) is 1.15. The van der Waals surface area contributed by atoms with Crippen molar-refractivity contribution in [3.05, 3.63) is 72.1 Å². The van der Waals surface area contributed by atoms with Crippen LogP contribution >= 0.6 is 11.8 Å². The Morgan fingerprint density at radius 2 is 1.66 bits per heavy atom. The molecule has 0 bridgehead atoms. The summed E-state index contributed by atoms with van der Waals surface area (Å²) in [6.07, 6.45) is 1.94. The van der Waals surface area contributed by atoms with E-state index in [-0.39, 0.29) is 23.5 Å². The minimum Gasteiger partial charge on any atom is -0.469 e. The summed E-state index contributed by atoms with van der Waals surface area (Å²) in [5.74, 6) is 0.854. The lowest BCUT2D eigenvalue weighted by atomic mass is 9.97. The summed E-state index contributed by atoms with van der Waals surface area (Å²) in [6, 6.07) is 20.1. The normalized spacial score (nSPS) is 14.3. The third kappa shape index (κ3) is 5.19. The molecule has 0 spiro atoms. The Labute approximate surface area is 191 Å². The predicted molar refractivity (Wildman–Crippen MR) is 123 cm³/mol. The smallest absolute Gasteiger partial charge is 0.308 e. The first-order chi connectivity index (χ1) is 15.7. The molecule has 0 atom stereocenters. The maximum atomic E-state index is 12.8. The molecule has 32 heavy (non-hydrogen) atoms. The first-order valence-electron chi connectivity index (χ1n) is 10.7. The van der Waals surface area contributed by atoms with E-state index < -0.39 is 0 Å².